The Morgan fingerprint density at radius 2 is 1.24 bits per heavy atom. The standard InChI is InChI=1S/C22H30N10O3.2ClH/c1-12(27-22(24)25)8-26-19(33)17-6-14(10-31(17)3)29-21(35)18-7-15(11-32(18)4)28-20(34)16-5-13(23)9-30(16)2;;/h5-7,9-12H,8,23H2,1-4H3,(H,26,33)(H,28,34)(H,29,35)(H4,24,25,27);2*1H. The number of nitrogens with zero attached hydrogens (tertiary/aromatic N) is 4. The average Bonchev–Trinajstić information content (AvgIpc) is 3.41. The van der Waals surface area contributed by atoms with Crippen LogP contribution >= 0.6 is 24.8 Å². The van der Waals surface area contributed by atoms with E-state index in [1.54, 1.807) is 78.6 Å². The van der Waals surface area contributed by atoms with Crippen molar-refractivity contribution in [2.24, 2.45) is 37.6 Å². The van der Waals surface area contributed by atoms with E-state index in [1.165, 1.54) is 0 Å². The van der Waals surface area contributed by atoms with Gasteiger partial charge in [-0.3, -0.25) is 14.4 Å². The third kappa shape index (κ3) is 7.69. The summed E-state index contributed by atoms with van der Waals surface area (Å²) >= 11 is 0. The van der Waals surface area contributed by atoms with E-state index in [4.69, 9.17) is 17.2 Å². The summed E-state index contributed by atoms with van der Waals surface area (Å²) in [5.74, 6) is -1.15. The lowest BCUT2D eigenvalue weighted by Gasteiger charge is -2.09. The first-order chi connectivity index (χ1) is 16.4. The van der Waals surface area contributed by atoms with Crippen LogP contribution in [0.15, 0.2) is 41.8 Å². The summed E-state index contributed by atoms with van der Waals surface area (Å²) in [5, 5.41) is 8.27. The van der Waals surface area contributed by atoms with Crippen molar-refractivity contribution < 1.29 is 14.4 Å². The lowest BCUT2D eigenvalue weighted by molar-refractivity contribution is 0.0942. The van der Waals surface area contributed by atoms with Gasteiger partial charge >= 0.3 is 0 Å². The number of carbonyl (C=O) groups excluding carboxylic acids is 3. The molecule has 0 saturated heterocycles. The number of halogens is 2. The minimum atomic E-state index is -0.407. The van der Waals surface area contributed by atoms with Gasteiger partial charge in [0, 0.05) is 46.3 Å². The molecule has 15 heteroatoms. The van der Waals surface area contributed by atoms with E-state index in [2.05, 4.69) is 20.9 Å². The predicted octanol–water partition coefficient (Wildman–Crippen LogP) is 1.02. The zero-order chi connectivity index (χ0) is 25.9. The van der Waals surface area contributed by atoms with Crippen molar-refractivity contribution in [1.82, 2.24) is 19.0 Å². The number of anilines is 3. The predicted molar refractivity (Wildman–Crippen MR) is 149 cm³/mol. The van der Waals surface area contributed by atoms with Crippen LogP contribution in [0.5, 0.6) is 0 Å². The quantitative estimate of drug-likeness (QED) is 0.177. The highest BCUT2D eigenvalue weighted by molar-refractivity contribution is 6.07. The molecule has 202 valence electrons. The zero-order valence-corrected chi connectivity index (χ0v) is 22.4. The van der Waals surface area contributed by atoms with Crippen LogP contribution in [0.4, 0.5) is 17.1 Å². The van der Waals surface area contributed by atoms with Crippen LogP contribution in [-0.2, 0) is 21.1 Å². The van der Waals surface area contributed by atoms with Crippen LogP contribution in [0.3, 0.4) is 0 Å². The van der Waals surface area contributed by atoms with Gasteiger partial charge in [0.25, 0.3) is 17.7 Å². The minimum Gasteiger partial charge on any atom is -0.397 e. The second-order valence-electron chi connectivity index (χ2n) is 8.24. The number of aliphatic imine (C=N–C) groups is 1. The molecule has 3 aromatic rings. The van der Waals surface area contributed by atoms with Gasteiger partial charge in [-0.25, -0.2) is 4.99 Å². The molecular formula is C22H32Cl2N10O3. The molecule has 0 saturated carbocycles. The number of amides is 3. The zero-order valence-electron chi connectivity index (χ0n) is 20.8. The molecule has 3 rings (SSSR count). The van der Waals surface area contributed by atoms with Crippen molar-refractivity contribution in [3.05, 3.63) is 53.9 Å². The number of nitrogens with one attached hydrogen (secondary N) is 3. The molecule has 3 amide bonds. The molecule has 0 aromatic carbocycles. The van der Waals surface area contributed by atoms with Crippen molar-refractivity contribution in [3.63, 3.8) is 0 Å². The van der Waals surface area contributed by atoms with Crippen LogP contribution in [0.1, 0.15) is 38.4 Å². The second-order valence-corrected chi connectivity index (χ2v) is 8.24. The van der Waals surface area contributed by atoms with Crippen molar-refractivity contribution in [2.45, 2.75) is 13.0 Å². The molecule has 37 heavy (non-hydrogen) atoms. The van der Waals surface area contributed by atoms with E-state index in [-0.39, 0.29) is 55.2 Å². The number of guanidine groups is 1. The molecule has 0 bridgehead atoms. The molecular weight excluding hydrogens is 523 g/mol. The number of rotatable bonds is 8. The summed E-state index contributed by atoms with van der Waals surface area (Å²) in [6, 6.07) is 4.40. The maximum Gasteiger partial charge on any atom is 0.272 e. The number of hydrogen-bond donors (Lipinski definition) is 6. The first-order valence-corrected chi connectivity index (χ1v) is 10.7. The van der Waals surface area contributed by atoms with Gasteiger partial charge in [0.1, 0.15) is 17.1 Å². The molecule has 13 nitrogen and oxygen atoms in total. The van der Waals surface area contributed by atoms with Crippen LogP contribution in [-0.4, -0.2) is 50.0 Å². The van der Waals surface area contributed by atoms with Gasteiger partial charge in [-0.1, -0.05) is 0 Å². The van der Waals surface area contributed by atoms with Gasteiger partial charge in [-0.05, 0) is 25.1 Å². The smallest absolute Gasteiger partial charge is 0.272 e. The molecule has 0 aliphatic carbocycles. The van der Waals surface area contributed by atoms with Crippen molar-refractivity contribution in [1.29, 1.82) is 0 Å². The monoisotopic (exact) mass is 554 g/mol. The van der Waals surface area contributed by atoms with Gasteiger partial charge in [0.2, 0.25) is 0 Å². The maximum atomic E-state index is 12.9. The Kier molecular flexibility index (Phi) is 10.6. The van der Waals surface area contributed by atoms with Crippen molar-refractivity contribution >= 4 is 65.6 Å². The summed E-state index contributed by atoms with van der Waals surface area (Å²) in [6.45, 7) is 2.01. The van der Waals surface area contributed by atoms with Crippen LogP contribution in [0.25, 0.3) is 0 Å². The Morgan fingerprint density at radius 1 is 0.811 bits per heavy atom. The molecule has 1 unspecified atom stereocenters. The Morgan fingerprint density at radius 3 is 1.68 bits per heavy atom. The summed E-state index contributed by atoms with van der Waals surface area (Å²) in [7, 11) is 5.09. The first kappa shape index (κ1) is 30.9. The largest absolute Gasteiger partial charge is 0.397 e. The van der Waals surface area contributed by atoms with E-state index >= 15 is 0 Å². The first-order valence-electron chi connectivity index (χ1n) is 10.7. The fourth-order valence-electron chi connectivity index (χ4n) is 3.55. The number of carbonyl (C=O) groups is 3. The SMILES string of the molecule is CC(CNC(=O)c1cc(NC(=O)c2cc(NC(=O)c3cc(N)cn3C)cn2C)cn1C)N=C(N)N.Cl.Cl. The summed E-state index contributed by atoms with van der Waals surface area (Å²) in [5.41, 5.74) is 18.8. The highest BCUT2D eigenvalue weighted by Crippen LogP contribution is 2.19. The van der Waals surface area contributed by atoms with Gasteiger partial charge in [-0.2, -0.15) is 0 Å². The fourth-order valence-corrected chi connectivity index (χ4v) is 3.55. The third-order valence-electron chi connectivity index (χ3n) is 5.18. The summed E-state index contributed by atoms with van der Waals surface area (Å²) in [4.78, 5) is 41.9. The second kappa shape index (κ2) is 12.7. The Balaban J connectivity index is 0.00000342. The molecule has 0 spiro atoms. The van der Waals surface area contributed by atoms with Gasteiger partial charge in [-0.15, -0.1) is 24.8 Å². The molecule has 0 fully saturated rings. The molecule has 3 heterocycles. The Labute approximate surface area is 226 Å². The topological polar surface area (TPSA) is 193 Å². The number of nitrogens with two attached hydrogens (primary N) is 3. The fraction of sp³-hybridized carbons (Fsp3) is 0.273. The molecule has 0 aliphatic rings. The Bertz CT molecular complexity index is 1300. The highest BCUT2D eigenvalue weighted by Gasteiger charge is 2.18. The lowest BCUT2D eigenvalue weighted by atomic mass is 10.3. The number of hydrogen-bond acceptors (Lipinski definition) is 5. The lowest BCUT2D eigenvalue weighted by Crippen LogP contribution is -2.33. The van der Waals surface area contributed by atoms with E-state index in [9.17, 15) is 14.4 Å². The van der Waals surface area contributed by atoms with Crippen molar-refractivity contribution in [3.8, 4) is 0 Å². The highest BCUT2D eigenvalue weighted by atomic mass is 35.5. The van der Waals surface area contributed by atoms with E-state index in [0.29, 0.717) is 34.1 Å². The van der Waals surface area contributed by atoms with Gasteiger partial charge < -0.3 is 46.9 Å². The molecule has 3 aromatic heterocycles. The summed E-state index contributed by atoms with van der Waals surface area (Å²) in [6.07, 6.45) is 4.89. The third-order valence-corrected chi connectivity index (χ3v) is 5.18. The van der Waals surface area contributed by atoms with Crippen LogP contribution < -0.4 is 33.2 Å². The van der Waals surface area contributed by atoms with E-state index < -0.39 is 5.91 Å². The van der Waals surface area contributed by atoms with Crippen LogP contribution in [0.2, 0.25) is 0 Å². The average molecular weight is 555 g/mol. The number of aromatic nitrogens is 3. The van der Waals surface area contributed by atoms with E-state index in [0.717, 1.165) is 0 Å². The minimum absolute atomic E-state index is 0. The summed E-state index contributed by atoms with van der Waals surface area (Å²) < 4.78 is 4.80. The molecule has 0 radical (unpaired) electrons. The van der Waals surface area contributed by atoms with Crippen molar-refractivity contribution in [2.75, 3.05) is 22.9 Å². The van der Waals surface area contributed by atoms with Crippen LogP contribution in [0, 0.1) is 0 Å². The molecule has 1 atom stereocenters. The maximum absolute atomic E-state index is 12.9. The number of nitrogen functional groups attached to an aromatic ring is 1. The molecule has 0 aliphatic heterocycles. The van der Waals surface area contributed by atoms with Gasteiger partial charge in [0.15, 0.2) is 5.96 Å². The number of aryl methyl sites for hydroxylation is 3. The Hall–Kier alpha value is -4.10. The molecule has 9 N–H and O–H groups in total. The van der Waals surface area contributed by atoms with Gasteiger partial charge in [0.05, 0.1) is 23.1 Å². The van der Waals surface area contributed by atoms with E-state index in [1.807, 2.05) is 0 Å². The normalized spacial score (nSPS) is 10.9.